The molecule has 0 saturated heterocycles. The molecule has 0 spiro atoms. The molecule has 0 aliphatic heterocycles. The van der Waals surface area contributed by atoms with Crippen LogP contribution in [0.4, 0.5) is 17.3 Å². The molecule has 1 aromatic heterocycles. The summed E-state index contributed by atoms with van der Waals surface area (Å²) in [6.07, 6.45) is 3.99. The molecular formula is C13H12BF4N. The van der Waals surface area contributed by atoms with Gasteiger partial charge in [-0.2, -0.15) is 4.57 Å². The van der Waals surface area contributed by atoms with Gasteiger partial charge in [0.2, 0.25) is 5.70 Å². The number of hydrogen-bond acceptors (Lipinski definition) is 0. The highest BCUT2D eigenvalue weighted by Gasteiger charge is 2.20. The van der Waals surface area contributed by atoms with Gasteiger partial charge in [-0.1, -0.05) is 24.3 Å². The van der Waals surface area contributed by atoms with E-state index in [4.69, 9.17) is 0 Å². The third-order valence-corrected chi connectivity index (χ3v) is 2.13. The van der Waals surface area contributed by atoms with Gasteiger partial charge in [0.25, 0.3) is 0 Å². The first-order valence-electron chi connectivity index (χ1n) is 5.46. The first-order chi connectivity index (χ1) is 8.88. The minimum atomic E-state index is -6.00. The lowest BCUT2D eigenvalue weighted by Crippen LogP contribution is -2.30. The highest BCUT2D eigenvalue weighted by molar-refractivity contribution is 6.50. The highest BCUT2D eigenvalue weighted by atomic mass is 19.5. The Morgan fingerprint density at radius 3 is 1.74 bits per heavy atom. The molecule has 1 aromatic carbocycles. The molecule has 0 radical (unpaired) electrons. The van der Waals surface area contributed by atoms with Crippen LogP contribution in [0.5, 0.6) is 0 Å². The van der Waals surface area contributed by atoms with E-state index in [1.165, 1.54) is 0 Å². The average molecular weight is 269 g/mol. The van der Waals surface area contributed by atoms with E-state index in [1.807, 2.05) is 53.4 Å². The van der Waals surface area contributed by atoms with Crippen molar-refractivity contribution in [2.75, 3.05) is 0 Å². The molecule has 19 heavy (non-hydrogen) atoms. The summed E-state index contributed by atoms with van der Waals surface area (Å²) in [6.45, 7) is 4.06. The van der Waals surface area contributed by atoms with Crippen molar-refractivity contribution in [3.05, 3.63) is 73.1 Å². The van der Waals surface area contributed by atoms with E-state index in [2.05, 4.69) is 18.7 Å². The van der Waals surface area contributed by atoms with Crippen LogP contribution in [0, 0.1) is 0 Å². The zero-order valence-corrected chi connectivity index (χ0v) is 10.0. The third-order valence-electron chi connectivity index (χ3n) is 2.13. The van der Waals surface area contributed by atoms with Gasteiger partial charge in [-0.15, -0.1) is 0 Å². The van der Waals surface area contributed by atoms with Crippen LogP contribution in [0.25, 0.3) is 5.70 Å². The summed E-state index contributed by atoms with van der Waals surface area (Å²) >= 11 is 0. The molecule has 0 fully saturated rings. The number of rotatable bonds is 2. The van der Waals surface area contributed by atoms with E-state index in [0.717, 1.165) is 11.3 Å². The number of halogens is 4. The fourth-order valence-corrected chi connectivity index (χ4v) is 1.36. The molecule has 2 aromatic rings. The van der Waals surface area contributed by atoms with E-state index in [0.29, 0.717) is 0 Å². The Morgan fingerprint density at radius 1 is 0.842 bits per heavy atom. The smallest absolute Gasteiger partial charge is 0.418 e. The Kier molecular flexibility index (Phi) is 5.29. The Balaban J connectivity index is 0.000000312. The second kappa shape index (κ2) is 6.73. The van der Waals surface area contributed by atoms with Crippen LogP contribution in [0.3, 0.4) is 0 Å². The molecule has 6 heteroatoms. The van der Waals surface area contributed by atoms with Crippen molar-refractivity contribution in [2.24, 2.45) is 0 Å². The lowest BCUT2D eigenvalue weighted by molar-refractivity contribution is -0.578. The van der Waals surface area contributed by atoms with Crippen molar-refractivity contribution in [3.63, 3.8) is 0 Å². The van der Waals surface area contributed by atoms with Gasteiger partial charge < -0.3 is 17.3 Å². The Labute approximate surface area is 108 Å². The largest absolute Gasteiger partial charge is 0.673 e. The zero-order valence-electron chi connectivity index (χ0n) is 10.0. The number of hydrogen-bond donors (Lipinski definition) is 0. The topological polar surface area (TPSA) is 3.88 Å². The summed E-state index contributed by atoms with van der Waals surface area (Å²) in [5, 5.41) is 0. The fraction of sp³-hybridized carbons (Fsp3) is 0. The SMILES string of the molecule is C=C(c1ccccc1)[n+]1ccccc1.F[B-](F)(F)F. The molecule has 2 rings (SSSR count). The number of benzene rings is 1. The summed E-state index contributed by atoms with van der Waals surface area (Å²) < 4.78 is 41.0. The minimum Gasteiger partial charge on any atom is -0.418 e. The molecule has 0 unspecified atom stereocenters. The van der Waals surface area contributed by atoms with Gasteiger partial charge in [-0.05, 0) is 18.7 Å². The molecule has 0 bridgehead atoms. The molecule has 100 valence electrons. The first-order valence-corrected chi connectivity index (χ1v) is 5.46. The quantitative estimate of drug-likeness (QED) is 0.443. The third kappa shape index (κ3) is 6.40. The first kappa shape index (κ1) is 15.0. The van der Waals surface area contributed by atoms with Gasteiger partial charge in [0, 0.05) is 17.7 Å². The number of nitrogens with zero attached hydrogens (tertiary/aromatic N) is 1. The molecular weight excluding hydrogens is 257 g/mol. The normalized spacial score (nSPS) is 10.3. The monoisotopic (exact) mass is 269 g/mol. The summed E-state index contributed by atoms with van der Waals surface area (Å²) in [6, 6.07) is 16.1. The Bertz CT molecular complexity index is 464. The van der Waals surface area contributed by atoms with Gasteiger partial charge in [0.15, 0.2) is 12.4 Å². The summed E-state index contributed by atoms with van der Waals surface area (Å²) in [5.41, 5.74) is 2.13. The lowest BCUT2D eigenvalue weighted by Gasteiger charge is -1.98. The molecule has 0 aliphatic rings. The molecule has 0 N–H and O–H groups in total. The van der Waals surface area contributed by atoms with Crippen molar-refractivity contribution in [2.45, 2.75) is 0 Å². The zero-order chi connectivity index (χ0) is 14.3. The van der Waals surface area contributed by atoms with Gasteiger partial charge in [0.1, 0.15) is 0 Å². The van der Waals surface area contributed by atoms with Gasteiger partial charge in [0.05, 0.1) is 0 Å². The Morgan fingerprint density at radius 2 is 1.26 bits per heavy atom. The number of pyridine rings is 1. The lowest BCUT2D eigenvalue weighted by atomic mass is 10.2. The molecule has 0 amide bonds. The van der Waals surface area contributed by atoms with Crippen LogP contribution >= 0.6 is 0 Å². The second-order valence-electron chi connectivity index (χ2n) is 3.59. The van der Waals surface area contributed by atoms with E-state index < -0.39 is 7.25 Å². The standard InChI is InChI=1S/C13H12N.BF4/c1-12(13-8-4-2-5-9-13)14-10-6-3-7-11-14;2-1(3,4)5/h2-11H,1H2;/q+1;-1. The van der Waals surface area contributed by atoms with E-state index >= 15 is 0 Å². The predicted octanol–water partition coefficient (Wildman–Crippen LogP) is 3.79. The Hall–Kier alpha value is -2.11. The highest BCUT2D eigenvalue weighted by Crippen LogP contribution is 2.07. The fourth-order valence-electron chi connectivity index (χ4n) is 1.36. The molecule has 0 aliphatic carbocycles. The van der Waals surface area contributed by atoms with Crippen LogP contribution in [0.15, 0.2) is 67.5 Å². The summed E-state index contributed by atoms with van der Waals surface area (Å²) in [5.74, 6) is 0. The van der Waals surface area contributed by atoms with Crippen LogP contribution in [0.1, 0.15) is 5.56 Å². The van der Waals surface area contributed by atoms with E-state index in [9.17, 15) is 17.3 Å². The van der Waals surface area contributed by atoms with E-state index in [-0.39, 0.29) is 0 Å². The predicted molar refractivity (Wildman–Crippen MR) is 67.7 cm³/mol. The van der Waals surface area contributed by atoms with Crippen molar-refractivity contribution < 1.29 is 21.8 Å². The van der Waals surface area contributed by atoms with Crippen LogP contribution in [0.2, 0.25) is 0 Å². The van der Waals surface area contributed by atoms with Crippen molar-refractivity contribution in [1.82, 2.24) is 0 Å². The maximum Gasteiger partial charge on any atom is 0.673 e. The number of aromatic nitrogens is 1. The second-order valence-corrected chi connectivity index (χ2v) is 3.59. The molecule has 1 nitrogen and oxygen atoms in total. The molecule has 0 saturated carbocycles. The molecule has 0 atom stereocenters. The van der Waals surface area contributed by atoms with Crippen LogP contribution in [-0.2, 0) is 0 Å². The maximum absolute atomic E-state index is 9.75. The van der Waals surface area contributed by atoms with Crippen LogP contribution < -0.4 is 4.57 Å². The minimum absolute atomic E-state index is 0.992. The van der Waals surface area contributed by atoms with Gasteiger partial charge in [-0.25, -0.2) is 0 Å². The maximum atomic E-state index is 9.75. The van der Waals surface area contributed by atoms with Crippen molar-refractivity contribution in [1.29, 1.82) is 0 Å². The van der Waals surface area contributed by atoms with Crippen LogP contribution in [-0.4, -0.2) is 7.25 Å². The summed E-state index contributed by atoms with van der Waals surface area (Å²) in [4.78, 5) is 0. The summed E-state index contributed by atoms with van der Waals surface area (Å²) in [7, 11) is -6.00. The molecule has 1 heterocycles. The van der Waals surface area contributed by atoms with Gasteiger partial charge >= 0.3 is 7.25 Å². The average Bonchev–Trinajstić information content (AvgIpc) is 2.38. The van der Waals surface area contributed by atoms with Crippen molar-refractivity contribution >= 4 is 13.0 Å². The van der Waals surface area contributed by atoms with Gasteiger partial charge in [-0.3, -0.25) is 0 Å². The van der Waals surface area contributed by atoms with Crippen molar-refractivity contribution in [3.8, 4) is 0 Å². The van der Waals surface area contributed by atoms with E-state index in [1.54, 1.807) is 0 Å².